The van der Waals surface area contributed by atoms with Gasteiger partial charge in [0.2, 0.25) is 5.95 Å². The van der Waals surface area contributed by atoms with Crippen LogP contribution >= 0.6 is 0 Å². The summed E-state index contributed by atoms with van der Waals surface area (Å²) >= 11 is 0. The Labute approximate surface area is 141 Å². The van der Waals surface area contributed by atoms with Crippen LogP contribution in [-0.2, 0) is 6.54 Å². The maximum absolute atomic E-state index is 5.42. The number of benzene rings is 2. The molecule has 2 aromatic carbocycles. The Morgan fingerprint density at radius 3 is 2.62 bits per heavy atom. The minimum absolute atomic E-state index is 0.809. The molecule has 5 heteroatoms. The van der Waals surface area contributed by atoms with Gasteiger partial charge in [-0.15, -0.1) is 0 Å². The molecule has 0 atom stereocenters. The number of piperazine rings is 1. The van der Waals surface area contributed by atoms with Crippen molar-refractivity contribution < 1.29 is 4.74 Å². The number of fused-ring (bicyclic) bond motifs is 1. The average Bonchev–Trinajstić information content (AvgIpc) is 3.01. The minimum atomic E-state index is 0.809. The van der Waals surface area contributed by atoms with Crippen LogP contribution in [-0.4, -0.2) is 42.8 Å². The number of nitrogens with one attached hydrogen (secondary N) is 1. The van der Waals surface area contributed by atoms with E-state index in [0.29, 0.717) is 0 Å². The first kappa shape index (κ1) is 15.0. The predicted octanol–water partition coefficient (Wildman–Crippen LogP) is 2.50. The molecule has 5 nitrogen and oxygen atoms in total. The zero-order chi connectivity index (χ0) is 16.4. The minimum Gasteiger partial charge on any atom is -0.497 e. The molecular weight excluding hydrogens is 300 g/mol. The first-order chi connectivity index (χ1) is 11.8. The first-order valence-electron chi connectivity index (χ1n) is 8.39. The first-order valence-corrected chi connectivity index (χ1v) is 8.39. The third-order valence-electron chi connectivity index (χ3n) is 4.52. The van der Waals surface area contributed by atoms with E-state index in [2.05, 4.69) is 51.2 Å². The van der Waals surface area contributed by atoms with Crippen LogP contribution < -0.4 is 15.0 Å². The molecule has 0 bridgehead atoms. The molecule has 1 saturated heterocycles. The average molecular weight is 322 g/mol. The summed E-state index contributed by atoms with van der Waals surface area (Å²) in [5.41, 5.74) is 3.41. The van der Waals surface area contributed by atoms with Gasteiger partial charge >= 0.3 is 0 Å². The van der Waals surface area contributed by atoms with E-state index >= 15 is 0 Å². The van der Waals surface area contributed by atoms with Crippen LogP contribution in [0.25, 0.3) is 11.0 Å². The Hall–Kier alpha value is -2.53. The SMILES string of the molecule is COc1ccc2nc(N3CCNCC3)n(Cc3ccccc3)c2c1. The lowest BCUT2D eigenvalue weighted by molar-refractivity contribution is 0.415. The van der Waals surface area contributed by atoms with E-state index in [4.69, 9.17) is 9.72 Å². The Morgan fingerprint density at radius 2 is 1.88 bits per heavy atom. The van der Waals surface area contributed by atoms with Crippen LogP contribution in [0.3, 0.4) is 0 Å². The lowest BCUT2D eigenvalue weighted by Gasteiger charge is -2.29. The molecule has 0 aliphatic carbocycles. The second kappa shape index (κ2) is 6.53. The van der Waals surface area contributed by atoms with Crippen LogP contribution in [0.4, 0.5) is 5.95 Å². The molecule has 1 fully saturated rings. The molecule has 0 radical (unpaired) electrons. The van der Waals surface area contributed by atoms with Crippen LogP contribution in [0.2, 0.25) is 0 Å². The van der Waals surface area contributed by atoms with Gasteiger partial charge in [-0.3, -0.25) is 0 Å². The van der Waals surface area contributed by atoms with Crippen LogP contribution in [0.15, 0.2) is 48.5 Å². The maximum Gasteiger partial charge on any atom is 0.206 e. The highest BCUT2D eigenvalue weighted by molar-refractivity contribution is 5.80. The number of imidazole rings is 1. The van der Waals surface area contributed by atoms with Crippen molar-refractivity contribution >= 4 is 17.0 Å². The summed E-state index contributed by atoms with van der Waals surface area (Å²) in [6.45, 7) is 4.77. The van der Waals surface area contributed by atoms with Gasteiger partial charge in [-0.25, -0.2) is 4.98 Å². The number of nitrogens with zero attached hydrogens (tertiary/aromatic N) is 3. The monoisotopic (exact) mass is 322 g/mol. The summed E-state index contributed by atoms with van der Waals surface area (Å²) in [6.07, 6.45) is 0. The lowest BCUT2D eigenvalue weighted by Crippen LogP contribution is -2.44. The standard InChI is InChI=1S/C19H22N4O/c1-24-16-7-8-17-18(13-16)23(14-15-5-3-2-4-6-15)19(21-17)22-11-9-20-10-12-22/h2-8,13,20H,9-12,14H2,1H3. The summed E-state index contributed by atoms with van der Waals surface area (Å²) in [4.78, 5) is 7.28. The van der Waals surface area contributed by atoms with Crippen LogP contribution in [0.5, 0.6) is 5.75 Å². The van der Waals surface area contributed by atoms with E-state index < -0.39 is 0 Å². The summed E-state index contributed by atoms with van der Waals surface area (Å²) in [7, 11) is 1.70. The van der Waals surface area contributed by atoms with Crippen molar-refractivity contribution in [2.75, 3.05) is 38.2 Å². The molecule has 1 aliphatic heterocycles. The highest BCUT2D eigenvalue weighted by Gasteiger charge is 2.19. The van der Waals surface area contributed by atoms with Gasteiger partial charge in [0.1, 0.15) is 5.75 Å². The molecule has 0 saturated carbocycles. The summed E-state index contributed by atoms with van der Waals surface area (Å²) < 4.78 is 7.72. The second-order valence-corrected chi connectivity index (χ2v) is 6.08. The van der Waals surface area contributed by atoms with Crippen molar-refractivity contribution in [2.45, 2.75) is 6.54 Å². The third-order valence-corrected chi connectivity index (χ3v) is 4.52. The van der Waals surface area contributed by atoms with Gasteiger partial charge in [-0.1, -0.05) is 30.3 Å². The smallest absolute Gasteiger partial charge is 0.206 e. The molecule has 24 heavy (non-hydrogen) atoms. The molecular formula is C19H22N4O. The fourth-order valence-corrected chi connectivity index (χ4v) is 3.24. The number of hydrogen-bond acceptors (Lipinski definition) is 4. The highest BCUT2D eigenvalue weighted by Crippen LogP contribution is 2.27. The summed E-state index contributed by atoms with van der Waals surface area (Å²) in [5.74, 6) is 1.91. The number of rotatable bonds is 4. The van der Waals surface area contributed by atoms with E-state index in [0.717, 1.165) is 55.5 Å². The van der Waals surface area contributed by atoms with Crippen molar-refractivity contribution in [1.29, 1.82) is 0 Å². The van der Waals surface area contributed by atoms with Crippen LogP contribution in [0, 0.1) is 0 Å². The van der Waals surface area contributed by atoms with E-state index in [9.17, 15) is 0 Å². The maximum atomic E-state index is 5.42. The van der Waals surface area contributed by atoms with Gasteiger partial charge in [0, 0.05) is 32.2 Å². The van der Waals surface area contributed by atoms with Gasteiger partial charge in [-0.05, 0) is 17.7 Å². The molecule has 2 heterocycles. The van der Waals surface area contributed by atoms with E-state index in [1.165, 1.54) is 5.56 Å². The van der Waals surface area contributed by atoms with Crippen molar-refractivity contribution in [1.82, 2.24) is 14.9 Å². The van der Waals surface area contributed by atoms with Crippen LogP contribution in [0.1, 0.15) is 5.56 Å². The molecule has 4 rings (SSSR count). The number of anilines is 1. The molecule has 0 unspecified atom stereocenters. The van der Waals surface area contributed by atoms with Crippen molar-refractivity contribution in [3.63, 3.8) is 0 Å². The van der Waals surface area contributed by atoms with Gasteiger partial charge in [0.15, 0.2) is 0 Å². The molecule has 0 amide bonds. The number of hydrogen-bond donors (Lipinski definition) is 1. The van der Waals surface area contributed by atoms with E-state index in [-0.39, 0.29) is 0 Å². The molecule has 1 N–H and O–H groups in total. The van der Waals surface area contributed by atoms with Gasteiger partial charge in [0.05, 0.1) is 24.7 Å². The summed E-state index contributed by atoms with van der Waals surface area (Å²) in [6, 6.07) is 16.6. The fourth-order valence-electron chi connectivity index (χ4n) is 3.24. The predicted molar refractivity (Wildman–Crippen MR) is 96.9 cm³/mol. The zero-order valence-electron chi connectivity index (χ0n) is 13.9. The second-order valence-electron chi connectivity index (χ2n) is 6.08. The van der Waals surface area contributed by atoms with E-state index in [1.807, 2.05) is 12.1 Å². The fraction of sp³-hybridized carbons (Fsp3) is 0.316. The normalized spacial score (nSPS) is 15.0. The topological polar surface area (TPSA) is 42.3 Å². The highest BCUT2D eigenvalue weighted by atomic mass is 16.5. The quantitative estimate of drug-likeness (QED) is 0.801. The summed E-state index contributed by atoms with van der Waals surface area (Å²) in [5, 5.41) is 3.41. The number of ether oxygens (including phenoxy) is 1. The number of methoxy groups -OCH3 is 1. The molecule has 124 valence electrons. The van der Waals surface area contributed by atoms with Gasteiger partial charge < -0.3 is 19.5 Å². The van der Waals surface area contributed by atoms with Gasteiger partial charge in [0.25, 0.3) is 0 Å². The molecule has 3 aromatic rings. The zero-order valence-corrected chi connectivity index (χ0v) is 13.9. The molecule has 1 aromatic heterocycles. The molecule has 0 spiro atoms. The third kappa shape index (κ3) is 2.83. The molecule has 1 aliphatic rings. The Balaban J connectivity index is 1.82. The van der Waals surface area contributed by atoms with Crippen molar-refractivity contribution in [3.8, 4) is 5.75 Å². The Kier molecular flexibility index (Phi) is 4.09. The van der Waals surface area contributed by atoms with E-state index in [1.54, 1.807) is 7.11 Å². The largest absolute Gasteiger partial charge is 0.497 e. The van der Waals surface area contributed by atoms with Gasteiger partial charge in [-0.2, -0.15) is 0 Å². The van der Waals surface area contributed by atoms with Crippen molar-refractivity contribution in [2.24, 2.45) is 0 Å². The van der Waals surface area contributed by atoms with Crippen molar-refractivity contribution in [3.05, 3.63) is 54.1 Å². The lowest BCUT2D eigenvalue weighted by atomic mass is 10.2. The number of aromatic nitrogens is 2. The Morgan fingerprint density at radius 1 is 1.08 bits per heavy atom. The Bertz CT molecular complexity index is 822.